The van der Waals surface area contributed by atoms with Crippen molar-refractivity contribution in [3.63, 3.8) is 0 Å². The molecular formula is C10H20N2O2. The number of hydrogen-bond donors (Lipinski definition) is 3. The largest absolute Gasteiger partial charge is 0.389 e. The second-order valence-electron chi connectivity index (χ2n) is 5.31. The third-order valence-corrected chi connectivity index (χ3v) is 2.61. The monoisotopic (exact) mass is 200 g/mol. The number of amides is 1. The standard InChI is InChI=1S/C10H20N2O2/c1-9(2,3)7(8(11)13)12-6-10(14)4-5-10/h7,12,14H,4-6H2,1-3H3,(H2,11,13)/t7-/m1/s1. The van der Waals surface area contributed by atoms with Crippen molar-refractivity contribution < 1.29 is 9.90 Å². The molecule has 0 aromatic heterocycles. The van der Waals surface area contributed by atoms with Crippen LogP contribution in [0.2, 0.25) is 0 Å². The van der Waals surface area contributed by atoms with Crippen molar-refractivity contribution in [2.75, 3.05) is 6.54 Å². The first-order chi connectivity index (χ1) is 6.25. The van der Waals surface area contributed by atoms with Gasteiger partial charge >= 0.3 is 0 Å². The van der Waals surface area contributed by atoms with Crippen LogP contribution in [0.5, 0.6) is 0 Å². The zero-order valence-corrected chi connectivity index (χ0v) is 9.13. The van der Waals surface area contributed by atoms with E-state index in [0.717, 1.165) is 12.8 Å². The molecular weight excluding hydrogens is 180 g/mol. The van der Waals surface area contributed by atoms with E-state index in [-0.39, 0.29) is 17.4 Å². The molecule has 0 bridgehead atoms. The first kappa shape index (κ1) is 11.5. The molecule has 4 heteroatoms. The van der Waals surface area contributed by atoms with Crippen molar-refractivity contribution >= 4 is 5.91 Å². The normalized spacial score (nSPS) is 21.7. The molecule has 0 spiro atoms. The lowest BCUT2D eigenvalue weighted by molar-refractivity contribution is -0.122. The van der Waals surface area contributed by atoms with Crippen molar-refractivity contribution in [3.8, 4) is 0 Å². The van der Waals surface area contributed by atoms with Crippen LogP contribution in [0.25, 0.3) is 0 Å². The van der Waals surface area contributed by atoms with Crippen LogP contribution in [-0.2, 0) is 4.79 Å². The lowest BCUT2D eigenvalue weighted by atomic mass is 9.86. The fourth-order valence-corrected chi connectivity index (χ4v) is 1.45. The van der Waals surface area contributed by atoms with Gasteiger partial charge in [-0.1, -0.05) is 20.8 Å². The molecule has 0 aromatic rings. The predicted octanol–water partition coefficient (Wildman–Crippen LogP) is 0.000900. The number of carbonyl (C=O) groups excluding carboxylic acids is 1. The van der Waals surface area contributed by atoms with Crippen LogP contribution in [0.3, 0.4) is 0 Å². The Morgan fingerprint density at radius 2 is 2.07 bits per heavy atom. The number of nitrogens with one attached hydrogen (secondary N) is 1. The van der Waals surface area contributed by atoms with Gasteiger partial charge in [0.25, 0.3) is 0 Å². The van der Waals surface area contributed by atoms with Gasteiger partial charge in [-0.25, -0.2) is 0 Å². The van der Waals surface area contributed by atoms with Crippen molar-refractivity contribution in [2.24, 2.45) is 11.1 Å². The fourth-order valence-electron chi connectivity index (χ4n) is 1.45. The van der Waals surface area contributed by atoms with Crippen LogP contribution in [0.4, 0.5) is 0 Å². The molecule has 1 saturated carbocycles. The molecule has 0 saturated heterocycles. The Morgan fingerprint density at radius 3 is 2.36 bits per heavy atom. The highest BCUT2D eigenvalue weighted by atomic mass is 16.3. The SMILES string of the molecule is CC(C)(C)[C@H](NCC1(O)CC1)C(N)=O. The minimum Gasteiger partial charge on any atom is -0.389 e. The van der Waals surface area contributed by atoms with Gasteiger partial charge in [-0.05, 0) is 18.3 Å². The molecule has 1 aliphatic rings. The average Bonchev–Trinajstić information content (AvgIpc) is 2.64. The van der Waals surface area contributed by atoms with E-state index in [1.807, 2.05) is 20.8 Å². The molecule has 0 heterocycles. The number of nitrogens with two attached hydrogens (primary N) is 1. The van der Waals surface area contributed by atoms with E-state index >= 15 is 0 Å². The van der Waals surface area contributed by atoms with E-state index in [1.54, 1.807) is 0 Å². The zero-order valence-electron chi connectivity index (χ0n) is 9.13. The molecule has 0 aromatic carbocycles. The van der Waals surface area contributed by atoms with E-state index in [9.17, 15) is 9.90 Å². The molecule has 0 unspecified atom stereocenters. The fraction of sp³-hybridized carbons (Fsp3) is 0.900. The molecule has 4 N–H and O–H groups in total. The highest BCUT2D eigenvalue weighted by Gasteiger charge is 2.41. The Kier molecular flexibility index (Phi) is 2.88. The van der Waals surface area contributed by atoms with Crippen molar-refractivity contribution in [1.29, 1.82) is 0 Å². The number of hydrogen-bond acceptors (Lipinski definition) is 3. The van der Waals surface area contributed by atoms with Crippen LogP contribution < -0.4 is 11.1 Å². The molecule has 1 amide bonds. The van der Waals surface area contributed by atoms with E-state index in [2.05, 4.69) is 5.32 Å². The smallest absolute Gasteiger partial charge is 0.235 e. The maximum atomic E-state index is 11.2. The van der Waals surface area contributed by atoms with E-state index in [0.29, 0.717) is 6.54 Å². The summed E-state index contributed by atoms with van der Waals surface area (Å²) in [4.78, 5) is 11.2. The van der Waals surface area contributed by atoms with E-state index < -0.39 is 5.60 Å². The number of carbonyl (C=O) groups is 1. The van der Waals surface area contributed by atoms with Gasteiger partial charge in [0.2, 0.25) is 5.91 Å². The van der Waals surface area contributed by atoms with Gasteiger partial charge in [-0.2, -0.15) is 0 Å². The first-order valence-electron chi connectivity index (χ1n) is 5.00. The van der Waals surface area contributed by atoms with Crippen LogP contribution in [0.15, 0.2) is 0 Å². The average molecular weight is 200 g/mol. The molecule has 1 atom stereocenters. The lowest BCUT2D eigenvalue weighted by Gasteiger charge is -2.29. The van der Waals surface area contributed by atoms with E-state index in [4.69, 9.17) is 5.73 Å². The highest BCUT2D eigenvalue weighted by molar-refractivity contribution is 5.80. The summed E-state index contributed by atoms with van der Waals surface area (Å²) in [6, 6.07) is -0.382. The Bertz CT molecular complexity index is 229. The summed E-state index contributed by atoms with van der Waals surface area (Å²) in [5.74, 6) is -0.359. The van der Waals surface area contributed by atoms with Crippen molar-refractivity contribution in [1.82, 2.24) is 5.32 Å². The van der Waals surface area contributed by atoms with Gasteiger partial charge < -0.3 is 16.2 Å². The quantitative estimate of drug-likeness (QED) is 0.598. The van der Waals surface area contributed by atoms with Gasteiger partial charge in [-0.15, -0.1) is 0 Å². The van der Waals surface area contributed by atoms with Gasteiger partial charge in [0.1, 0.15) is 0 Å². The zero-order chi connectivity index (χ0) is 11.0. The molecule has 14 heavy (non-hydrogen) atoms. The van der Waals surface area contributed by atoms with Crippen LogP contribution in [-0.4, -0.2) is 29.2 Å². The predicted molar refractivity (Wildman–Crippen MR) is 54.6 cm³/mol. The maximum absolute atomic E-state index is 11.2. The lowest BCUT2D eigenvalue weighted by Crippen LogP contribution is -2.52. The number of aliphatic hydroxyl groups is 1. The number of primary amides is 1. The summed E-state index contributed by atoms with van der Waals surface area (Å²) in [5, 5.41) is 12.6. The summed E-state index contributed by atoms with van der Waals surface area (Å²) in [7, 11) is 0. The third-order valence-electron chi connectivity index (χ3n) is 2.61. The van der Waals surface area contributed by atoms with Gasteiger partial charge in [0.05, 0.1) is 11.6 Å². The molecule has 1 aliphatic carbocycles. The van der Waals surface area contributed by atoms with Gasteiger partial charge in [0, 0.05) is 6.54 Å². The minimum absolute atomic E-state index is 0.211. The molecule has 1 rings (SSSR count). The van der Waals surface area contributed by atoms with Crippen LogP contribution in [0.1, 0.15) is 33.6 Å². The van der Waals surface area contributed by atoms with Crippen LogP contribution >= 0.6 is 0 Å². The molecule has 82 valence electrons. The third kappa shape index (κ3) is 2.96. The molecule has 0 radical (unpaired) electrons. The summed E-state index contributed by atoms with van der Waals surface area (Å²) in [5.41, 5.74) is 4.49. The van der Waals surface area contributed by atoms with Crippen molar-refractivity contribution in [2.45, 2.75) is 45.3 Å². The Labute approximate surface area is 84.9 Å². The van der Waals surface area contributed by atoms with Crippen molar-refractivity contribution in [3.05, 3.63) is 0 Å². The molecule has 1 fully saturated rings. The molecule has 4 nitrogen and oxygen atoms in total. The molecule has 0 aliphatic heterocycles. The second-order valence-corrected chi connectivity index (χ2v) is 5.31. The first-order valence-corrected chi connectivity index (χ1v) is 5.00. The summed E-state index contributed by atoms with van der Waals surface area (Å²) in [6.45, 7) is 6.31. The second kappa shape index (κ2) is 3.51. The Balaban J connectivity index is 2.48. The van der Waals surface area contributed by atoms with Gasteiger partial charge in [-0.3, -0.25) is 4.79 Å². The summed E-state index contributed by atoms with van der Waals surface area (Å²) < 4.78 is 0. The highest BCUT2D eigenvalue weighted by Crippen LogP contribution is 2.34. The Morgan fingerprint density at radius 1 is 1.57 bits per heavy atom. The summed E-state index contributed by atoms with van der Waals surface area (Å²) in [6.07, 6.45) is 1.63. The summed E-state index contributed by atoms with van der Waals surface area (Å²) >= 11 is 0. The maximum Gasteiger partial charge on any atom is 0.235 e. The van der Waals surface area contributed by atoms with Crippen LogP contribution in [0, 0.1) is 5.41 Å². The Hall–Kier alpha value is -0.610. The van der Waals surface area contributed by atoms with Gasteiger partial charge in [0.15, 0.2) is 0 Å². The minimum atomic E-state index is -0.584. The topological polar surface area (TPSA) is 75.3 Å². The van der Waals surface area contributed by atoms with E-state index in [1.165, 1.54) is 0 Å². The number of rotatable bonds is 4.